The highest BCUT2D eigenvalue weighted by Gasteiger charge is 2.19. The fourth-order valence-electron chi connectivity index (χ4n) is 3.59. The van der Waals surface area contributed by atoms with Crippen LogP contribution in [0, 0.1) is 0 Å². The molecule has 1 aliphatic rings. The topological polar surface area (TPSA) is 68.3 Å². The average molecular weight is 381 g/mol. The number of aliphatic hydroxyl groups excluding tert-OH is 1. The van der Waals surface area contributed by atoms with Crippen molar-refractivity contribution in [2.45, 2.75) is 45.6 Å². The molecule has 0 saturated carbocycles. The number of hydrogen-bond donors (Lipinski definition) is 1. The maximum Gasteiger partial charge on any atom is 0.123 e. The first-order valence-electron chi connectivity index (χ1n) is 9.82. The second kappa shape index (κ2) is 8.58. The number of fused-ring (bicyclic) bond motifs is 1. The maximum absolute atomic E-state index is 9.82. The lowest BCUT2D eigenvalue weighted by molar-refractivity contribution is 0.193. The van der Waals surface area contributed by atoms with E-state index >= 15 is 0 Å². The van der Waals surface area contributed by atoms with Gasteiger partial charge < -0.3 is 14.4 Å². The highest BCUT2D eigenvalue weighted by atomic mass is 16.5. The molecule has 1 unspecified atom stereocenters. The Labute approximate surface area is 165 Å². The molecule has 0 saturated heterocycles. The standard InChI is InChI=1S/C21H27N5O2/c1-17(27)20-13-19-15-25(8-4-9-26(19)23-20)14-18-5-2-3-6-21(18)28-12-11-24-10-7-22-16-24/h2-3,5-7,10,13,16-17,27H,4,8-9,11-12,14-15H2,1H3. The van der Waals surface area contributed by atoms with Gasteiger partial charge in [0.15, 0.2) is 0 Å². The molecule has 3 aromatic rings. The van der Waals surface area contributed by atoms with Crippen molar-refractivity contribution in [2.24, 2.45) is 0 Å². The van der Waals surface area contributed by atoms with E-state index in [0.29, 0.717) is 6.61 Å². The Bertz CT molecular complexity index is 888. The molecule has 0 aliphatic carbocycles. The summed E-state index contributed by atoms with van der Waals surface area (Å²) in [6, 6.07) is 10.3. The van der Waals surface area contributed by atoms with Crippen LogP contribution in [0.25, 0.3) is 0 Å². The predicted octanol–water partition coefficient (Wildman–Crippen LogP) is 2.62. The van der Waals surface area contributed by atoms with Crippen LogP contribution in [0.2, 0.25) is 0 Å². The Kier molecular flexibility index (Phi) is 5.73. The summed E-state index contributed by atoms with van der Waals surface area (Å²) < 4.78 is 10.1. The van der Waals surface area contributed by atoms with E-state index in [9.17, 15) is 5.11 Å². The van der Waals surface area contributed by atoms with E-state index in [-0.39, 0.29) is 0 Å². The van der Waals surface area contributed by atoms with Crippen molar-refractivity contribution < 1.29 is 9.84 Å². The van der Waals surface area contributed by atoms with Crippen LogP contribution in [-0.2, 0) is 26.2 Å². The van der Waals surface area contributed by atoms with Crippen LogP contribution in [-0.4, -0.2) is 42.5 Å². The number of benzene rings is 1. The molecule has 28 heavy (non-hydrogen) atoms. The molecule has 1 N–H and O–H groups in total. The van der Waals surface area contributed by atoms with Crippen LogP contribution >= 0.6 is 0 Å². The van der Waals surface area contributed by atoms with E-state index < -0.39 is 6.10 Å². The summed E-state index contributed by atoms with van der Waals surface area (Å²) in [7, 11) is 0. The first-order valence-corrected chi connectivity index (χ1v) is 9.82. The molecule has 1 aromatic carbocycles. The van der Waals surface area contributed by atoms with Gasteiger partial charge in [0.05, 0.1) is 30.4 Å². The van der Waals surface area contributed by atoms with Crippen molar-refractivity contribution in [1.82, 2.24) is 24.2 Å². The van der Waals surface area contributed by atoms with Crippen LogP contribution < -0.4 is 4.74 Å². The van der Waals surface area contributed by atoms with Gasteiger partial charge in [-0.15, -0.1) is 0 Å². The average Bonchev–Trinajstić information content (AvgIpc) is 3.30. The van der Waals surface area contributed by atoms with Crippen molar-refractivity contribution in [1.29, 1.82) is 0 Å². The number of aliphatic hydroxyl groups is 1. The van der Waals surface area contributed by atoms with E-state index in [0.717, 1.165) is 56.3 Å². The van der Waals surface area contributed by atoms with Crippen LogP contribution in [0.3, 0.4) is 0 Å². The highest BCUT2D eigenvalue weighted by molar-refractivity contribution is 5.33. The van der Waals surface area contributed by atoms with Gasteiger partial charge in [0.25, 0.3) is 0 Å². The van der Waals surface area contributed by atoms with Gasteiger partial charge in [-0.05, 0) is 25.5 Å². The maximum atomic E-state index is 9.82. The predicted molar refractivity (Wildman–Crippen MR) is 106 cm³/mol. The van der Waals surface area contributed by atoms with Crippen molar-refractivity contribution in [3.63, 3.8) is 0 Å². The zero-order chi connectivity index (χ0) is 19.3. The Balaban J connectivity index is 1.41. The zero-order valence-corrected chi connectivity index (χ0v) is 16.2. The number of hydrogen-bond acceptors (Lipinski definition) is 5. The molecule has 0 fully saturated rings. The van der Waals surface area contributed by atoms with Gasteiger partial charge in [0.2, 0.25) is 0 Å². The van der Waals surface area contributed by atoms with E-state index in [4.69, 9.17) is 4.74 Å². The lowest BCUT2D eigenvalue weighted by Gasteiger charge is -2.21. The third-order valence-electron chi connectivity index (χ3n) is 5.07. The fourth-order valence-corrected chi connectivity index (χ4v) is 3.59. The van der Waals surface area contributed by atoms with Gasteiger partial charge in [0, 0.05) is 44.1 Å². The highest BCUT2D eigenvalue weighted by Crippen LogP contribution is 2.23. The summed E-state index contributed by atoms with van der Waals surface area (Å²) in [4.78, 5) is 6.48. The Morgan fingerprint density at radius 3 is 2.96 bits per heavy atom. The first kappa shape index (κ1) is 18.7. The molecule has 1 atom stereocenters. The normalized spacial score (nSPS) is 15.8. The largest absolute Gasteiger partial charge is 0.491 e. The molecule has 148 valence electrons. The lowest BCUT2D eigenvalue weighted by Crippen LogP contribution is -2.23. The molecule has 2 aromatic heterocycles. The number of nitrogens with zero attached hydrogens (tertiary/aromatic N) is 5. The number of rotatable bonds is 7. The molecule has 4 rings (SSSR count). The van der Waals surface area contributed by atoms with Gasteiger partial charge in [-0.25, -0.2) is 4.98 Å². The Morgan fingerprint density at radius 1 is 1.25 bits per heavy atom. The number of imidazole rings is 1. The van der Waals surface area contributed by atoms with Gasteiger partial charge in [-0.3, -0.25) is 9.58 Å². The quantitative estimate of drug-likeness (QED) is 0.681. The number of aromatic nitrogens is 4. The molecule has 0 spiro atoms. The fraction of sp³-hybridized carbons (Fsp3) is 0.429. The monoisotopic (exact) mass is 381 g/mol. The van der Waals surface area contributed by atoms with Crippen molar-refractivity contribution in [3.8, 4) is 5.75 Å². The minimum absolute atomic E-state index is 0.530. The van der Waals surface area contributed by atoms with Crippen molar-refractivity contribution in [2.75, 3.05) is 13.2 Å². The van der Waals surface area contributed by atoms with E-state index in [2.05, 4.69) is 27.1 Å². The minimum atomic E-state index is -0.530. The van der Waals surface area contributed by atoms with Gasteiger partial charge in [-0.2, -0.15) is 5.10 Å². The molecular weight excluding hydrogens is 354 g/mol. The summed E-state index contributed by atoms with van der Waals surface area (Å²) in [6.07, 6.45) is 6.03. The van der Waals surface area contributed by atoms with Gasteiger partial charge in [-0.1, -0.05) is 18.2 Å². The summed E-state index contributed by atoms with van der Waals surface area (Å²) in [6.45, 7) is 6.70. The van der Waals surface area contributed by atoms with Crippen LogP contribution in [0.15, 0.2) is 49.1 Å². The Hall–Kier alpha value is -2.64. The van der Waals surface area contributed by atoms with Crippen LogP contribution in [0.5, 0.6) is 5.75 Å². The number of ether oxygens (including phenoxy) is 1. The Morgan fingerprint density at radius 2 is 2.14 bits per heavy atom. The number of aryl methyl sites for hydroxylation is 1. The molecule has 0 amide bonds. The SMILES string of the molecule is CC(O)c1cc2n(n1)CCCN(Cc1ccccc1OCCn1ccnc1)C2. The van der Waals surface area contributed by atoms with E-state index in [1.54, 1.807) is 19.4 Å². The van der Waals surface area contributed by atoms with Crippen LogP contribution in [0.4, 0.5) is 0 Å². The molecule has 0 bridgehead atoms. The van der Waals surface area contributed by atoms with E-state index in [1.165, 1.54) is 5.56 Å². The minimum Gasteiger partial charge on any atom is -0.491 e. The second-order valence-corrected chi connectivity index (χ2v) is 7.28. The first-order chi connectivity index (χ1) is 13.7. The van der Waals surface area contributed by atoms with Crippen LogP contribution in [0.1, 0.15) is 36.4 Å². The lowest BCUT2D eigenvalue weighted by atomic mass is 10.1. The van der Waals surface area contributed by atoms with Crippen molar-refractivity contribution >= 4 is 0 Å². The summed E-state index contributed by atoms with van der Waals surface area (Å²) in [5.41, 5.74) is 3.10. The summed E-state index contributed by atoms with van der Waals surface area (Å²) >= 11 is 0. The molecule has 1 aliphatic heterocycles. The van der Waals surface area contributed by atoms with Crippen molar-refractivity contribution in [3.05, 3.63) is 66.0 Å². The third kappa shape index (κ3) is 4.43. The van der Waals surface area contributed by atoms with Gasteiger partial charge in [0.1, 0.15) is 12.4 Å². The molecule has 3 heterocycles. The second-order valence-electron chi connectivity index (χ2n) is 7.28. The number of para-hydroxylation sites is 1. The molecule has 7 heteroatoms. The summed E-state index contributed by atoms with van der Waals surface area (Å²) in [5, 5.41) is 14.4. The molecular formula is C21H27N5O2. The molecule has 0 radical (unpaired) electrons. The molecule has 7 nitrogen and oxygen atoms in total. The smallest absolute Gasteiger partial charge is 0.123 e. The van der Waals surface area contributed by atoms with Gasteiger partial charge >= 0.3 is 0 Å². The zero-order valence-electron chi connectivity index (χ0n) is 16.2. The summed E-state index contributed by atoms with van der Waals surface area (Å²) in [5.74, 6) is 0.935. The van der Waals surface area contributed by atoms with E-state index in [1.807, 2.05) is 33.6 Å². The third-order valence-corrected chi connectivity index (χ3v) is 5.07.